The van der Waals surface area contributed by atoms with Crippen molar-refractivity contribution in [3.05, 3.63) is 65.2 Å². The molecular weight excluding hydrogens is 320 g/mol. The van der Waals surface area contributed by atoms with Gasteiger partial charge in [-0.05, 0) is 42.7 Å². The predicted octanol–water partition coefficient (Wildman–Crippen LogP) is 3.29. The zero-order valence-electron chi connectivity index (χ0n) is 14.0. The zero-order valence-corrected chi connectivity index (χ0v) is 14.8. The molecule has 5 heteroatoms. The molecule has 0 aliphatic carbocycles. The molecule has 2 aromatic rings. The van der Waals surface area contributed by atoms with Crippen LogP contribution >= 0.6 is 11.8 Å². The van der Waals surface area contributed by atoms with Gasteiger partial charge < -0.3 is 10.6 Å². The van der Waals surface area contributed by atoms with E-state index in [1.165, 1.54) is 11.8 Å². The molecule has 0 fully saturated rings. The molecule has 0 saturated heterocycles. The number of hydrogen-bond donors (Lipinski definition) is 2. The van der Waals surface area contributed by atoms with Crippen LogP contribution in [0.15, 0.2) is 48.5 Å². The Kier molecular flexibility index (Phi) is 6.88. The quantitative estimate of drug-likeness (QED) is 0.812. The van der Waals surface area contributed by atoms with Crippen molar-refractivity contribution in [1.82, 2.24) is 5.32 Å². The van der Waals surface area contributed by atoms with Crippen LogP contribution in [0.3, 0.4) is 0 Å². The molecule has 4 nitrogen and oxygen atoms in total. The second-order valence-electron chi connectivity index (χ2n) is 5.61. The highest BCUT2D eigenvalue weighted by Gasteiger charge is 2.07. The Bertz CT molecular complexity index is 716. The number of hydrogen-bond acceptors (Lipinski definition) is 3. The summed E-state index contributed by atoms with van der Waals surface area (Å²) in [6, 6.07) is 15.6. The van der Waals surface area contributed by atoms with Crippen molar-refractivity contribution in [1.29, 1.82) is 0 Å². The lowest BCUT2D eigenvalue weighted by Crippen LogP contribution is -2.26. The van der Waals surface area contributed by atoms with Crippen molar-refractivity contribution in [2.45, 2.75) is 20.4 Å². The molecule has 2 amide bonds. The average molecular weight is 342 g/mol. The first-order valence-corrected chi connectivity index (χ1v) is 8.95. The summed E-state index contributed by atoms with van der Waals surface area (Å²) >= 11 is 1.31. The van der Waals surface area contributed by atoms with E-state index in [2.05, 4.69) is 10.6 Å². The van der Waals surface area contributed by atoms with E-state index < -0.39 is 0 Å². The van der Waals surface area contributed by atoms with Gasteiger partial charge in [0.05, 0.1) is 11.5 Å². The third-order valence-electron chi connectivity index (χ3n) is 3.51. The highest BCUT2D eigenvalue weighted by atomic mass is 32.2. The fraction of sp³-hybridized carbons (Fsp3) is 0.263. The summed E-state index contributed by atoms with van der Waals surface area (Å²) in [5.41, 5.74) is 4.14. The number of rotatable bonds is 7. The number of benzene rings is 2. The van der Waals surface area contributed by atoms with E-state index in [1.807, 2.05) is 62.4 Å². The number of nitrogens with one attached hydrogen (secondary N) is 2. The SMILES string of the molecule is Cc1cccc(NC(=O)CSCC(=O)NCc2ccccc2C)c1. The Morgan fingerprint density at radius 2 is 1.71 bits per heavy atom. The van der Waals surface area contributed by atoms with Crippen molar-refractivity contribution in [2.75, 3.05) is 16.8 Å². The van der Waals surface area contributed by atoms with Gasteiger partial charge in [0.2, 0.25) is 11.8 Å². The Morgan fingerprint density at radius 3 is 2.46 bits per heavy atom. The van der Waals surface area contributed by atoms with Gasteiger partial charge in [-0.25, -0.2) is 0 Å². The van der Waals surface area contributed by atoms with E-state index in [-0.39, 0.29) is 23.3 Å². The maximum Gasteiger partial charge on any atom is 0.234 e. The van der Waals surface area contributed by atoms with Gasteiger partial charge >= 0.3 is 0 Å². The Balaban J connectivity index is 1.67. The summed E-state index contributed by atoms with van der Waals surface area (Å²) < 4.78 is 0. The highest BCUT2D eigenvalue weighted by molar-refractivity contribution is 8.00. The van der Waals surface area contributed by atoms with Crippen molar-refractivity contribution in [3.63, 3.8) is 0 Å². The van der Waals surface area contributed by atoms with Gasteiger partial charge in [-0.1, -0.05) is 36.4 Å². The molecule has 2 N–H and O–H groups in total. The molecule has 0 atom stereocenters. The lowest BCUT2D eigenvalue weighted by molar-refractivity contribution is -0.118. The highest BCUT2D eigenvalue weighted by Crippen LogP contribution is 2.11. The first-order chi connectivity index (χ1) is 11.5. The molecule has 0 aliphatic heterocycles. The molecule has 0 heterocycles. The summed E-state index contributed by atoms with van der Waals surface area (Å²) in [5, 5.41) is 5.71. The average Bonchev–Trinajstić information content (AvgIpc) is 2.54. The maximum absolute atomic E-state index is 11.9. The van der Waals surface area contributed by atoms with E-state index in [1.54, 1.807) is 0 Å². The molecule has 0 aromatic heterocycles. The fourth-order valence-corrected chi connectivity index (χ4v) is 2.86. The van der Waals surface area contributed by atoms with Gasteiger partial charge in [-0.2, -0.15) is 0 Å². The minimum absolute atomic E-state index is 0.0633. The summed E-state index contributed by atoms with van der Waals surface area (Å²) in [6.45, 7) is 4.51. The van der Waals surface area contributed by atoms with Gasteiger partial charge in [0, 0.05) is 12.2 Å². The zero-order chi connectivity index (χ0) is 17.4. The maximum atomic E-state index is 11.9. The molecule has 2 aromatic carbocycles. The van der Waals surface area contributed by atoms with Gasteiger partial charge in [-0.15, -0.1) is 11.8 Å². The summed E-state index contributed by atoms with van der Waals surface area (Å²) in [4.78, 5) is 23.7. The van der Waals surface area contributed by atoms with E-state index in [0.29, 0.717) is 6.54 Å². The van der Waals surface area contributed by atoms with Crippen LogP contribution < -0.4 is 10.6 Å². The summed E-state index contributed by atoms with van der Waals surface area (Å²) in [7, 11) is 0. The smallest absolute Gasteiger partial charge is 0.234 e. The topological polar surface area (TPSA) is 58.2 Å². The fourth-order valence-electron chi connectivity index (χ4n) is 2.21. The molecule has 0 radical (unpaired) electrons. The van der Waals surface area contributed by atoms with Crippen molar-refractivity contribution in [2.24, 2.45) is 0 Å². The standard InChI is InChI=1S/C19H22N2O2S/c1-14-6-5-9-17(10-14)21-19(23)13-24-12-18(22)20-11-16-8-4-3-7-15(16)2/h3-10H,11-13H2,1-2H3,(H,20,22)(H,21,23). The molecule has 24 heavy (non-hydrogen) atoms. The number of thioether (sulfide) groups is 1. The van der Waals surface area contributed by atoms with E-state index >= 15 is 0 Å². The summed E-state index contributed by atoms with van der Waals surface area (Å²) in [6.07, 6.45) is 0. The van der Waals surface area contributed by atoms with Crippen LogP contribution in [0.5, 0.6) is 0 Å². The lowest BCUT2D eigenvalue weighted by Gasteiger charge is -2.08. The Labute approximate surface area is 147 Å². The van der Waals surface area contributed by atoms with Crippen LogP contribution in [0.4, 0.5) is 5.69 Å². The predicted molar refractivity (Wildman–Crippen MR) is 100 cm³/mol. The van der Waals surface area contributed by atoms with E-state index in [0.717, 1.165) is 22.4 Å². The molecule has 0 bridgehead atoms. The summed E-state index contributed by atoms with van der Waals surface area (Å²) in [5.74, 6) is 0.364. The van der Waals surface area contributed by atoms with Crippen LogP contribution in [0.1, 0.15) is 16.7 Å². The van der Waals surface area contributed by atoms with Crippen LogP contribution in [0.2, 0.25) is 0 Å². The normalized spacial score (nSPS) is 10.2. The molecule has 0 saturated carbocycles. The third kappa shape index (κ3) is 6.08. The number of carbonyl (C=O) groups is 2. The first kappa shape index (κ1) is 18.1. The van der Waals surface area contributed by atoms with Gasteiger partial charge in [0.25, 0.3) is 0 Å². The third-order valence-corrected chi connectivity index (χ3v) is 4.44. The second-order valence-corrected chi connectivity index (χ2v) is 6.60. The van der Waals surface area contributed by atoms with Crippen molar-refractivity contribution < 1.29 is 9.59 Å². The van der Waals surface area contributed by atoms with Crippen molar-refractivity contribution >= 4 is 29.3 Å². The minimum atomic E-state index is -0.0997. The number of amides is 2. The molecule has 0 unspecified atom stereocenters. The monoisotopic (exact) mass is 342 g/mol. The van der Waals surface area contributed by atoms with Crippen LogP contribution in [0, 0.1) is 13.8 Å². The van der Waals surface area contributed by atoms with E-state index in [4.69, 9.17) is 0 Å². The Hall–Kier alpha value is -2.27. The number of aryl methyl sites for hydroxylation is 2. The van der Waals surface area contributed by atoms with Gasteiger partial charge in [0.15, 0.2) is 0 Å². The van der Waals surface area contributed by atoms with E-state index in [9.17, 15) is 9.59 Å². The van der Waals surface area contributed by atoms with Gasteiger partial charge in [0.1, 0.15) is 0 Å². The Morgan fingerprint density at radius 1 is 0.958 bits per heavy atom. The van der Waals surface area contributed by atoms with Crippen LogP contribution in [-0.4, -0.2) is 23.3 Å². The van der Waals surface area contributed by atoms with Crippen LogP contribution in [0.25, 0.3) is 0 Å². The minimum Gasteiger partial charge on any atom is -0.351 e. The largest absolute Gasteiger partial charge is 0.351 e. The molecule has 0 spiro atoms. The number of carbonyl (C=O) groups excluding carboxylic acids is 2. The lowest BCUT2D eigenvalue weighted by atomic mass is 10.1. The van der Waals surface area contributed by atoms with Crippen LogP contribution in [-0.2, 0) is 16.1 Å². The van der Waals surface area contributed by atoms with Gasteiger partial charge in [-0.3, -0.25) is 9.59 Å². The second kappa shape index (κ2) is 9.13. The first-order valence-electron chi connectivity index (χ1n) is 7.80. The molecular formula is C19H22N2O2S. The number of anilines is 1. The molecule has 126 valence electrons. The van der Waals surface area contributed by atoms with Crippen molar-refractivity contribution in [3.8, 4) is 0 Å². The molecule has 0 aliphatic rings. The molecule has 2 rings (SSSR count).